The number of unbranched alkanes of at least 4 members (excludes halogenated alkanes) is 5. The average Bonchev–Trinajstić information content (AvgIpc) is 2.41. The van der Waals surface area contributed by atoms with Gasteiger partial charge in [-0.25, -0.2) is 0 Å². The Bertz CT molecular complexity index is 284. The Morgan fingerprint density at radius 2 is 1.60 bits per heavy atom. The zero-order chi connectivity index (χ0) is 15.4. The van der Waals surface area contributed by atoms with Gasteiger partial charge in [-0.2, -0.15) is 0 Å². The molecular formula is C15H31NO3S. The van der Waals surface area contributed by atoms with E-state index in [4.69, 9.17) is 10.8 Å². The van der Waals surface area contributed by atoms with Crippen LogP contribution in [0.4, 0.5) is 0 Å². The Morgan fingerprint density at radius 1 is 1.05 bits per heavy atom. The molecule has 0 spiro atoms. The highest BCUT2D eigenvalue weighted by molar-refractivity contribution is 7.85. The maximum atomic E-state index is 12.3. The second-order valence-corrected chi connectivity index (χ2v) is 7.22. The molecule has 2 unspecified atom stereocenters. The molecule has 0 saturated carbocycles. The maximum Gasteiger partial charge on any atom is 0.321 e. The normalized spacial score (nSPS) is 15.8. The molecule has 120 valence electrons. The lowest BCUT2D eigenvalue weighted by Gasteiger charge is -2.17. The van der Waals surface area contributed by atoms with E-state index in [2.05, 4.69) is 13.8 Å². The molecule has 0 bridgehead atoms. The third kappa shape index (κ3) is 9.48. The van der Waals surface area contributed by atoms with Crippen molar-refractivity contribution >= 4 is 16.8 Å². The van der Waals surface area contributed by atoms with Gasteiger partial charge in [0.1, 0.15) is 6.04 Å². The fourth-order valence-electron chi connectivity index (χ4n) is 2.20. The molecule has 0 radical (unpaired) electrons. The van der Waals surface area contributed by atoms with Crippen LogP contribution in [0.5, 0.6) is 0 Å². The first-order valence-electron chi connectivity index (χ1n) is 7.88. The number of carboxylic acids is 1. The lowest BCUT2D eigenvalue weighted by molar-refractivity contribution is -0.137. The van der Waals surface area contributed by atoms with Crippen LogP contribution in [0, 0.1) is 0 Å². The molecule has 0 aromatic rings. The van der Waals surface area contributed by atoms with Gasteiger partial charge in [0.25, 0.3) is 0 Å². The minimum Gasteiger partial charge on any atom is -0.480 e. The lowest BCUT2D eigenvalue weighted by Crippen LogP contribution is -2.38. The number of hydrogen-bond donors (Lipinski definition) is 2. The van der Waals surface area contributed by atoms with Crippen LogP contribution < -0.4 is 5.73 Å². The topological polar surface area (TPSA) is 80.4 Å². The molecule has 0 saturated heterocycles. The summed E-state index contributed by atoms with van der Waals surface area (Å²) < 4.78 is 12.3. The summed E-state index contributed by atoms with van der Waals surface area (Å²) in [4.78, 5) is 10.7. The van der Waals surface area contributed by atoms with Crippen LogP contribution in [0.15, 0.2) is 0 Å². The van der Waals surface area contributed by atoms with E-state index in [9.17, 15) is 9.00 Å². The Morgan fingerprint density at radius 3 is 2.15 bits per heavy atom. The summed E-state index contributed by atoms with van der Waals surface area (Å²) in [5.41, 5.74) is 5.49. The van der Waals surface area contributed by atoms with Gasteiger partial charge in [0.05, 0.1) is 0 Å². The van der Waals surface area contributed by atoms with Gasteiger partial charge in [0.2, 0.25) is 0 Å². The Balaban J connectivity index is 4.17. The van der Waals surface area contributed by atoms with Crippen LogP contribution >= 0.6 is 0 Å². The van der Waals surface area contributed by atoms with Gasteiger partial charge in [-0.15, -0.1) is 0 Å². The summed E-state index contributed by atoms with van der Waals surface area (Å²) in [5.74, 6) is -0.978. The molecule has 0 aliphatic carbocycles. The van der Waals surface area contributed by atoms with Crippen LogP contribution in [-0.4, -0.2) is 32.3 Å². The van der Waals surface area contributed by atoms with E-state index in [1.165, 1.54) is 25.7 Å². The minimum absolute atomic E-state index is 0.0820. The molecule has 3 N–H and O–H groups in total. The van der Waals surface area contributed by atoms with Crippen molar-refractivity contribution in [1.29, 1.82) is 0 Å². The van der Waals surface area contributed by atoms with Crippen LogP contribution in [0.3, 0.4) is 0 Å². The van der Waals surface area contributed by atoms with Crippen LogP contribution in [0.1, 0.15) is 71.6 Å². The van der Waals surface area contributed by atoms with Crippen molar-refractivity contribution in [1.82, 2.24) is 0 Å². The highest BCUT2D eigenvalue weighted by Gasteiger charge is 2.21. The molecule has 0 aromatic carbocycles. The van der Waals surface area contributed by atoms with Gasteiger partial charge in [0.15, 0.2) is 0 Å². The van der Waals surface area contributed by atoms with Gasteiger partial charge in [0, 0.05) is 21.8 Å². The van der Waals surface area contributed by atoms with E-state index in [1.54, 1.807) is 0 Å². The van der Waals surface area contributed by atoms with Crippen molar-refractivity contribution in [3.63, 3.8) is 0 Å². The van der Waals surface area contributed by atoms with E-state index in [0.717, 1.165) is 32.1 Å². The summed E-state index contributed by atoms with van der Waals surface area (Å²) in [7, 11) is -1.12. The number of hydrogen-bond acceptors (Lipinski definition) is 3. The smallest absolute Gasteiger partial charge is 0.321 e. The van der Waals surface area contributed by atoms with E-state index < -0.39 is 22.8 Å². The van der Waals surface area contributed by atoms with Crippen molar-refractivity contribution in [3.05, 3.63) is 0 Å². The molecule has 0 aliphatic rings. The molecule has 0 aromatic heterocycles. The first-order valence-corrected chi connectivity index (χ1v) is 9.26. The first-order chi connectivity index (χ1) is 9.52. The van der Waals surface area contributed by atoms with Crippen LogP contribution in [0.2, 0.25) is 0 Å². The summed E-state index contributed by atoms with van der Waals surface area (Å²) in [5, 5.41) is 8.92. The first kappa shape index (κ1) is 19.6. The van der Waals surface area contributed by atoms with Gasteiger partial charge < -0.3 is 10.8 Å². The molecule has 4 nitrogen and oxygen atoms in total. The van der Waals surface area contributed by atoms with Crippen molar-refractivity contribution in [2.75, 3.05) is 5.75 Å². The number of carboxylic acid groups (broad SMARTS) is 1. The van der Waals surface area contributed by atoms with Gasteiger partial charge in [-0.3, -0.25) is 9.00 Å². The average molecular weight is 305 g/mol. The predicted molar refractivity (Wildman–Crippen MR) is 85.3 cm³/mol. The third-order valence-electron chi connectivity index (χ3n) is 3.54. The number of rotatable bonds is 13. The second kappa shape index (κ2) is 12.3. The monoisotopic (exact) mass is 305 g/mol. The fraction of sp³-hybridized carbons (Fsp3) is 0.933. The van der Waals surface area contributed by atoms with Gasteiger partial charge in [-0.1, -0.05) is 58.8 Å². The van der Waals surface area contributed by atoms with E-state index in [1.807, 2.05) is 0 Å². The van der Waals surface area contributed by atoms with Gasteiger partial charge in [-0.05, 0) is 12.8 Å². The summed E-state index contributed by atoms with van der Waals surface area (Å²) in [6.45, 7) is 4.30. The number of aliphatic carboxylic acids is 1. The molecule has 20 heavy (non-hydrogen) atoms. The number of nitrogens with two attached hydrogens (primary N) is 1. The van der Waals surface area contributed by atoms with E-state index in [-0.39, 0.29) is 11.0 Å². The van der Waals surface area contributed by atoms with Crippen LogP contribution in [-0.2, 0) is 15.6 Å². The Hall–Kier alpha value is -0.420. The second-order valence-electron chi connectivity index (χ2n) is 5.46. The zero-order valence-electron chi connectivity index (χ0n) is 13.0. The van der Waals surface area contributed by atoms with Crippen LogP contribution in [0.25, 0.3) is 0 Å². The van der Waals surface area contributed by atoms with E-state index >= 15 is 0 Å². The van der Waals surface area contributed by atoms with Crippen molar-refractivity contribution in [2.24, 2.45) is 5.73 Å². The number of carbonyl (C=O) groups is 1. The SMILES string of the molecule is CCCCCCCC(CCCC)S(=O)C[C@H](N)C(=O)O. The third-order valence-corrected chi connectivity index (χ3v) is 5.44. The molecule has 0 fully saturated rings. The fourth-order valence-corrected chi connectivity index (χ4v) is 3.83. The Kier molecular flexibility index (Phi) is 12.1. The summed E-state index contributed by atoms with van der Waals surface area (Å²) in [6, 6.07) is -1.000. The summed E-state index contributed by atoms with van der Waals surface area (Å²) in [6.07, 6.45) is 9.96. The molecule has 0 heterocycles. The maximum absolute atomic E-state index is 12.3. The summed E-state index contributed by atoms with van der Waals surface area (Å²) >= 11 is 0. The minimum atomic E-state index is -1.12. The largest absolute Gasteiger partial charge is 0.480 e. The molecule has 0 amide bonds. The quantitative estimate of drug-likeness (QED) is 0.512. The molecule has 3 atom stereocenters. The highest BCUT2D eigenvalue weighted by atomic mass is 32.2. The Labute approximate surface area is 126 Å². The molecule has 5 heteroatoms. The van der Waals surface area contributed by atoms with E-state index in [0.29, 0.717) is 0 Å². The van der Waals surface area contributed by atoms with Gasteiger partial charge >= 0.3 is 5.97 Å². The van der Waals surface area contributed by atoms with Crippen molar-refractivity contribution < 1.29 is 14.1 Å². The lowest BCUT2D eigenvalue weighted by atomic mass is 10.1. The standard InChI is InChI=1S/C15H31NO3S/c1-3-5-7-8-9-11-13(10-6-4-2)20(19)12-14(16)15(17)18/h13-14H,3-12,16H2,1-2H3,(H,17,18)/t13?,14-,20?/m0/s1. The zero-order valence-corrected chi connectivity index (χ0v) is 13.8. The predicted octanol–water partition coefficient (Wildman–Crippen LogP) is 3.07. The highest BCUT2D eigenvalue weighted by Crippen LogP contribution is 2.17. The van der Waals surface area contributed by atoms with Crippen molar-refractivity contribution in [2.45, 2.75) is 82.9 Å². The molecular weight excluding hydrogens is 274 g/mol. The molecule has 0 rings (SSSR count). The van der Waals surface area contributed by atoms with Crippen molar-refractivity contribution in [3.8, 4) is 0 Å². The molecule has 0 aliphatic heterocycles.